The lowest BCUT2D eigenvalue weighted by Crippen LogP contribution is -2.29. The number of ether oxygens (including phenoxy) is 1. The van der Waals surface area contributed by atoms with Crippen LogP contribution in [0.4, 0.5) is 17.6 Å². The summed E-state index contributed by atoms with van der Waals surface area (Å²) in [6, 6.07) is 19.6. The number of rotatable bonds is 4. The molecule has 1 unspecified atom stereocenters. The lowest BCUT2D eigenvalue weighted by atomic mass is 9.98. The van der Waals surface area contributed by atoms with Gasteiger partial charge in [0.05, 0.1) is 23.0 Å². The van der Waals surface area contributed by atoms with Crippen molar-refractivity contribution >= 4 is 5.97 Å². The van der Waals surface area contributed by atoms with Crippen molar-refractivity contribution in [3.05, 3.63) is 126 Å². The summed E-state index contributed by atoms with van der Waals surface area (Å²) in [4.78, 5) is 18.4. The molecule has 1 aliphatic heterocycles. The Balaban J connectivity index is 1.70. The van der Waals surface area contributed by atoms with E-state index in [1.165, 1.54) is 30.5 Å². The van der Waals surface area contributed by atoms with E-state index in [0.717, 1.165) is 28.1 Å². The Labute approximate surface area is 202 Å². The molecule has 0 bridgehead atoms. The van der Waals surface area contributed by atoms with E-state index in [9.17, 15) is 22.4 Å². The lowest BCUT2D eigenvalue weighted by molar-refractivity contribution is -0.144. The van der Waals surface area contributed by atoms with Gasteiger partial charge in [-0.2, -0.15) is 28.0 Å². The summed E-state index contributed by atoms with van der Waals surface area (Å²) in [6.07, 6.45) is -2.59. The number of para-hydroxylation sites is 1. The van der Waals surface area contributed by atoms with Crippen LogP contribution in [0, 0.1) is 5.82 Å². The second-order valence-electron chi connectivity index (χ2n) is 7.77. The van der Waals surface area contributed by atoms with Crippen LogP contribution < -0.4 is 4.74 Å². The van der Waals surface area contributed by atoms with E-state index in [4.69, 9.17) is 9.57 Å². The van der Waals surface area contributed by atoms with E-state index in [1.807, 2.05) is 0 Å². The molecule has 0 amide bonds. The Bertz CT molecular complexity index is 1400. The quantitative estimate of drug-likeness (QED) is 0.323. The highest BCUT2D eigenvalue weighted by Crippen LogP contribution is 2.46. The molecule has 1 aliphatic rings. The van der Waals surface area contributed by atoms with Gasteiger partial charge in [0.1, 0.15) is 18.1 Å². The smallest absolute Gasteiger partial charge is 0.435 e. The van der Waals surface area contributed by atoms with Gasteiger partial charge >= 0.3 is 12.1 Å². The van der Waals surface area contributed by atoms with Gasteiger partial charge in [0.2, 0.25) is 5.88 Å². The van der Waals surface area contributed by atoms with Gasteiger partial charge < -0.3 is 9.57 Å². The molecular weight excluding hydrogens is 478 g/mol. The van der Waals surface area contributed by atoms with Gasteiger partial charge in [-0.15, -0.1) is 0 Å². The van der Waals surface area contributed by atoms with E-state index in [-0.39, 0.29) is 17.0 Å². The Morgan fingerprint density at radius 3 is 2.19 bits per heavy atom. The minimum Gasteiger partial charge on any atom is -0.445 e. The van der Waals surface area contributed by atoms with Crippen molar-refractivity contribution in [3.8, 4) is 11.6 Å². The number of hydroxylamine groups is 2. The zero-order valence-electron chi connectivity index (χ0n) is 18.4. The highest BCUT2D eigenvalue weighted by molar-refractivity contribution is 5.89. The molecule has 0 fully saturated rings. The number of hydrogen-bond donors (Lipinski definition) is 0. The van der Waals surface area contributed by atoms with Crippen LogP contribution in [-0.2, 0) is 11.0 Å². The lowest BCUT2D eigenvalue weighted by Gasteiger charge is -2.28. The average molecular weight is 495 g/mol. The molecule has 1 aromatic heterocycles. The van der Waals surface area contributed by atoms with Gasteiger partial charge in [-0.05, 0) is 42.0 Å². The van der Waals surface area contributed by atoms with Crippen LogP contribution in [-0.4, -0.2) is 20.8 Å². The van der Waals surface area contributed by atoms with Crippen LogP contribution in [0.5, 0.6) is 5.88 Å². The van der Waals surface area contributed by atoms with E-state index < -0.39 is 35.3 Å². The van der Waals surface area contributed by atoms with Gasteiger partial charge in [-0.3, -0.25) is 0 Å². The second-order valence-corrected chi connectivity index (χ2v) is 7.77. The molecule has 36 heavy (non-hydrogen) atoms. The van der Waals surface area contributed by atoms with Crippen molar-refractivity contribution < 1.29 is 31.9 Å². The molecule has 0 N–H and O–H groups in total. The molecule has 0 aliphatic carbocycles. The molecule has 1 atom stereocenters. The summed E-state index contributed by atoms with van der Waals surface area (Å²) in [7, 11) is 0. The number of nitrogens with zero attached hydrogens (tertiary/aromatic N) is 3. The number of carbonyl (C=O) groups is 1. The molecule has 182 valence electrons. The molecule has 4 aromatic rings. The molecule has 2 heterocycles. The first-order valence-corrected chi connectivity index (χ1v) is 10.7. The van der Waals surface area contributed by atoms with Crippen molar-refractivity contribution in [3.63, 3.8) is 0 Å². The predicted octanol–water partition coefficient (Wildman–Crippen LogP) is 6.06. The first-order valence-electron chi connectivity index (χ1n) is 10.7. The Morgan fingerprint density at radius 2 is 1.56 bits per heavy atom. The maximum Gasteiger partial charge on any atom is 0.435 e. The monoisotopic (exact) mass is 495 g/mol. The van der Waals surface area contributed by atoms with Crippen LogP contribution in [0.2, 0.25) is 0 Å². The maximum absolute atomic E-state index is 14.3. The molecule has 10 heteroatoms. The zero-order valence-corrected chi connectivity index (χ0v) is 18.4. The number of fused-ring (bicyclic) bond motifs is 1. The van der Waals surface area contributed by atoms with Crippen LogP contribution in [0.1, 0.15) is 33.2 Å². The number of alkyl halides is 3. The summed E-state index contributed by atoms with van der Waals surface area (Å²) in [5.74, 6) is -1.61. The number of halogens is 4. The SMILES string of the molecule is O=C(ON1C=COc2c(c(C(F)(F)F)nn2-c2ccccc2)C1c1ccc(F)cc1)c1ccccc1. The first-order chi connectivity index (χ1) is 17.3. The molecular formula is C26H17F4N3O3. The van der Waals surface area contributed by atoms with Crippen molar-refractivity contribution in [2.75, 3.05) is 0 Å². The topological polar surface area (TPSA) is 56.6 Å². The number of benzene rings is 3. The van der Waals surface area contributed by atoms with E-state index >= 15 is 0 Å². The second kappa shape index (κ2) is 9.21. The zero-order chi connectivity index (χ0) is 25.3. The molecule has 0 saturated carbocycles. The Morgan fingerprint density at radius 1 is 0.917 bits per heavy atom. The fourth-order valence-corrected chi connectivity index (χ4v) is 3.86. The van der Waals surface area contributed by atoms with Crippen LogP contribution >= 0.6 is 0 Å². The van der Waals surface area contributed by atoms with Gasteiger partial charge in [-0.25, -0.2) is 9.18 Å². The molecule has 0 saturated heterocycles. The van der Waals surface area contributed by atoms with Crippen molar-refractivity contribution in [1.29, 1.82) is 0 Å². The first kappa shape index (κ1) is 23.2. The van der Waals surface area contributed by atoms with E-state index in [0.29, 0.717) is 5.69 Å². The van der Waals surface area contributed by atoms with Crippen LogP contribution in [0.3, 0.4) is 0 Å². The summed E-state index contributed by atoms with van der Waals surface area (Å²) < 4.78 is 63.3. The molecule has 0 radical (unpaired) electrons. The van der Waals surface area contributed by atoms with Gasteiger partial charge in [0.25, 0.3) is 0 Å². The van der Waals surface area contributed by atoms with Crippen molar-refractivity contribution in [2.45, 2.75) is 12.2 Å². The van der Waals surface area contributed by atoms with Crippen LogP contribution in [0.25, 0.3) is 5.69 Å². The van der Waals surface area contributed by atoms with Crippen molar-refractivity contribution in [1.82, 2.24) is 14.8 Å². The number of aromatic nitrogens is 2. The summed E-state index contributed by atoms with van der Waals surface area (Å²) >= 11 is 0. The Hall–Kier alpha value is -4.60. The highest BCUT2D eigenvalue weighted by Gasteiger charge is 2.45. The third-order valence-corrected chi connectivity index (χ3v) is 5.45. The standard InChI is InChI=1S/C26H17F4N3O3/c27-19-13-11-17(12-14-19)22-21-23(26(28,29)30)31-33(20-9-5-2-6-10-20)24(21)35-16-15-32(22)36-25(34)18-7-3-1-4-8-18/h1-16,22H. The summed E-state index contributed by atoms with van der Waals surface area (Å²) in [5.41, 5.74) is -0.911. The van der Waals surface area contributed by atoms with Crippen LogP contribution in [0.15, 0.2) is 97.4 Å². The van der Waals surface area contributed by atoms with E-state index in [1.54, 1.807) is 48.5 Å². The minimum absolute atomic E-state index is 0.185. The fourth-order valence-electron chi connectivity index (χ4n) is 3.86. The predicted molar refractivity (Wildman–Crippen MR) is 120 cm³/mol. The summed E-state index contributed by atoms with van der Waals surface area (Å²) in [5, 5.41) is 4.78. The highest BCUT2D eigenvalue weighted by atomic mass is 19.4. The third kappa shape index (κ3) is 4.40. The normalized spacial score (nSPS) is 15.1. The summed E-state index contributed by atoms with van der Waals surface area (Å²) in [6.45, 7) is 0. The molecule has 5 rings (SSSR count). The van der Waals surface area contributed by atoms with Gasteiger partial charge in [-0.1, -0.05) is 48.5 Å². The van der Waals surface area contributed by atoms with Gasteiger partial charge in [0.15, 0.2) is 5.69 Å². The van der Waals surface area contributed by atoms with Crippen molar-refractivity contribution in [2.24, 2.45) is 0 Å². The average Bonchev–Trinajstić information content (AvgIpc) is 3.16. The van der Waals surface area contributed by atoms with E-state index in [2.05, 4.69) is 5.10 Å². The largest absolute Gasteiger partial charge is 0.445 e. The number of carbonyl (C=O) groups excluding carboxylic acids is 1. The maximum atomic E-state index is 14.3. The molecule has 3 aromatic carbocycles. The fraction of sp³-hybridized carbons (Fsp3) is 0.0769. The number of hydrogen-bond acceptors (Lipinski definition) is 5. The van der Waals surface area contributed by atoms with Gasteiger partial charge in [0, 0.05) is 0 Å². The molecule has 6 nitrogen and oxygen atoms in total. The third-order valence-electron chi connectivity index (χ3n) is 5.45. The minimum atomic E-state index is -4.88. The Kier molecular flexibility index (Phi) is 5.93. The molecule has 0 spiro atoms.